The molecule has 1 rings (SSSR count). The van der Waals surface area contributed by atoms with Gasteiger partial charge in [0.05, 0.1) is 0 Å². The minimum Gasteiger partial charge on any atom is -0.358 e. The molecule has 0 bridgehead atoms. The van der Waals surface area contributed by atoms with Crippen molar-refractivity contribution in [1.82, 2.24) is 4.90 Å². The van der Waals surface area contributed by atoms with Crippen molar-refractivity contribution in [3.8, 4) is 0 Å². The molecule has 0 saturated carbocycles. The van der Waals surface area contributed by atoms with Gasteiger partial charge in [0, 0.05) is 17.9 Å². The van der Waals surface area contributed by atoms with Crippen molar-refractivity contribution in [2.24, 2.45) is 0 Å². The highest BCUT2D eigenvalue weighted by Crippen LogP contribution is 2.20. The summed E-state index contributed by atoms with van der Waals surface area (Å²) in [6.45, 7) is 15.7. The maximum atomic E-state index is 4.12. The molecule has 2 nitrogen and oxygen atoms in total. The van der Waals surface area contributed by atoms with Gasteiger partial charge in [0.1, 0.15) is 0 Å². The second-order valence-electron chi connectivity index (χ2n) is 4.46. The average Bonchev–Trinajstić information content (AvgIpc) is 2.31. The quantitative estimate of drug-likeness (QED) is 0.806. The zero-order valence-corrected chi connectivity index (χ0v) is 11.5. The maximum Gasteiger partial charge on any atom is 0.0441 e. The van der Waals surface area contributed by atoms with Crippen molar-refractivity contribution in [2.75, 3.05) is 25.0 Å². The first-order valence-corrected chi connectivity index (χ1v) is 6.31. The topological polar surface area (TPSA) is 15.3 Å². The third kappa shape index (κ3) is 3.90. The molecule has 0 saturated heterocycles. The fourth-order valence-corrected chi connectivity index (χ4v) is 1.95. The number of benzene rings is 1. The smallest absolute Gasteiger partial charge is 0.0441 e. The van der Waals surface area contributed by atoms with Crippen LogP contribution in [-0.2, 0) is 0 Å². The van der Waals surface area contributed by atoms with Gasteiger partial charge in [0.15, 0.2) is 0 Å². The van der Waals surface area contributed by atoms with Crippen LogP contribution in [0.2, 0.25) is 0 Å². The van der Waals surface area contributed by atoms with Gasteiger partial charge >= 0.3 is 0 Å². The predicted octanol–water partition coefficient (Wildman–Crippen LogP) is 3.57. The third-order valence-corrected chi connectivity index (χ3v) is 3.09. The Balaban J connectivity index is 2.68. The van der Waals surface area contributed by atoms with E-state index < -0.39 is 0 Å². The summed E-state index contributed by atoms with van der Waals surface area (Å²) in [5.41, 5.74) is 4.80. The molecular formula is C15H24N2. The zero-order chi connectivity index (χ0) is 12.8. The van der Waals surface area contributed by atoms with Gasteiger partial charge < -0.3 is 5.32 Å². The van der Waals surface area contributed by atoms with Crippen LogP contribution in [0.25, 0.3) is 0 Å². The number of hydrogen-bond acceptors (Lipinski definition) is 2. The van der Waals surface area contributed by atoms with Crippen LogP contribution in [0.5, 0.6) is 0 Å². The Labute approximate surface area is 105 Å². The fourth-order valence-electron chi connectivity index (χ4n) is 1.95. The molecule has 0 fully saturated rings. The average molecular weight is 232 g/mol. The first-order chi connectivity index (χ1) is 8.08. The molecule has 0 unspecified atom stereocenters. The monoisotopic (exact) mass is 232 g/mol. The van der Waals surface area contributed by atoms with Crippen LogP contribution in [0, 0.1) is 13.8 Å². The summed E-state index contributed by atoms with van der Waals surface area (Å²) in [7, 11) is 0. The highest BCUT2D eigenvalue weighted by Gasteiger charge is 2.05. The van der Waals surface area contributed by atoms with Crippen molar-refractivity contribution in [1.29, 1.82) is 0 Å². The van der Waals surface area contributed by atoms with Gasteiger partial charge in [-0.25, -0.2) is 0 Å². The molecule has 0 aliphatic rings. The summed E-state index contributed by atoms with van der Waals surface area (Å²) >= 11 is 0. The van der Waals surface area contributed by atoms with Crippen LogP contribution in [0.15, 0.2) is 30.5 Å². The standard InChI is InChI=1S/C15H24N2/c1-6-17(7-2)11-14(5)16-15-12(3)9-8-10-13(15)4/h8-10,16H,5-7,11H2,1-4H3. The van der Waals surface area contributed by atoms with Crippen molar-refractivity contribution in [2.45, 2.75) is 27.7 Å². The second-order valence-corrected chi connectivity index (χ2v) is 4.46. The maximum absolute atomic E-state index is 4.12. The number of likely N-dealkylation sites (N-methyl/N-ethyl adjacent to an activating group) is 1. The Morgan fingerprint density at radius 1 is 1.18 bits per heavy atom. The van der Waals surface area contributed by atoms with E-state index in [4.69, 9.17) is 0 Å². The van der Waals surface area contributed by atoms with E-state index in [0.29, 0.717) is 0 Å². The van der Waals surface area contributed by atoms with Crippen molar-refractivity contribution >= 4 is 5.69 Å². The minimum absolute atomic E-state index is 0.904. The normalized spacial score (nSPS) is 10.6. The predicted molar refractivity (Wildman–Crippen MR) is 76.5 cm³/mol. The number of aryl methyl sites for hydroxylation is 2. The molecule has 94 valence electrons. The molecule has 0 atom stereocenters. The Kier molecular flexibility index (Phi) is 5.23. The zero-order valence-electron chi connectivity index (χ0n) is 11.5. The van der Waals surface area contributed by atoms with E-state index in [9.17, 15) is 0 Å². The van der Waals surface area contributed by atoms with E-state index >= 15 is 0 Å². The highest BCUT2D eigenvalue weighted by atomic mass is 15.1. The van der Waals surface area contributed by atoms with Crippen LogP contribution in [0.3, 0.4) is 0 Å². The van der Waals surface area contributed by atoms with Crippen LogP contribution in [0.4, 0.5) is 5.69 Å². The number of hydrogen-bond donors (Lipinski definition) is 1. The van der Waals surface area contributed by atoms with Crippen molar-refractivity contribution in [3.05, 3.63) is 41.6 Å². The molecular weight excluding hydrogens is 208 g/mol. The molecule has 2 heteroatoms. The van der Waals surface area contributed by atoms with E-state index in [1.165, 1.54) is 16.8 Å². The molecule has 0 aliphatic carbocycles. The number of nitrogens with one attached hydrogen (secondary N) is 1. The van der Waals surface area contributed by atoms with E-state index in [1.54, 1.807) is 0 Å². The molecule has 0 spiro atoms. The summed E-state index contributed by atoms with van der Waals surface area (Å²) in [6.07, 6.45) is 0. The van der Waals surface area contributed by atoms with Gasteiger partial charge in [0.25, 0.3) is 0 Å². The van der Waals surface area contributed by atoms with Gasteiger partial charge in [-0.1, -0.05) is 38.6 Å². The number of nitrogens with zero attached hydrogens (tertiary/aromatic N) is 1. The van der Waals surface area contributed by atoms with Crippen LogP contribution < -0.4 is 5.32 Å². The van der Waals surface area contributed by atoms with Gasteiger partial charge in [-0.2, -0.15) is 0 Å². The molecule has 0 radical (unpaired) electrons. The minimum atomic E-state index is 0.904. The van der Waals surface area contributed by atoms with E-state index in [-0.39, 0.29) is 0 Å². The lowest BCUT2D eigenvalue weighted by atomic mass is 10.1. The molecule has 1 aromatic carbocycles. The Bertz CT molecular complexity index is 358. The van der Waals surface area contributed by atoms with Gasteiger partial charge in [0.2, 0.25) is 0 Å². The second kappa shape index (κ2) is 6.45. The summed E-state index contributed by atoms with van der Waals surface area (Å²) in [4.78, 5) is 2.35. The molecule has 1 aromatic rings. The van der Waals surface area contributed by atoms with Gasteiger partial charge in [-0.05, 0) is 38.1 Å². The van der Waals surface area contributed by atoms with Gasteiger partial charge in [-0.15, -0.1) is 0 Å². The molecule has 0 aliphatic heterocycles. The summed E-state index contributed by atoms with van der Waals surface area (Å²) in [5, 5.41) is 3.44. The largest absolute Gasteiger partial charge is 0.358 e. The van der Waals surface area contributed by atoms with E-state index in [2.05, 4.69) is 62.7 Å². The van der Waals surface area contributed by atoms with Crippen LogP contribution in [-0.4, -0.2) is 24.5 Å². The van der Waals surface area contributed by atoms with Crippen LogP contribution >= 0.6 is 0 Å². The lowest BCUT2D eigenvalue weighted by Gasteiger charge is -2.21. The third-order valence-electron chi connectivity index (χ3n) is 3.09. The SMILES string of the molecule is C=C(CN(CC)CC)Nc1c(C)cccc1C. The number of rotatable bonds is 6. The first kappa shape index (κ1) is 13.8. The Hall–Kier alpha value is -1.28. The molecule has 0 heterocycles. The van der Waals surface area contributed by atoms with Gasteiger partial charge in [-0.3, -0.25) is 4.90 Å². The fraction of sp³-hybridized carbons (Fsp3) is 0.467. The van der Waals surface area contributed by atoms with E-state index in [0.717, 1.165) is 25.3 Å². The molecule has 0 aromatic heterocycles. The molecule has 0 amide bonds. The molecule has 1 N–H and O–H groups in total. The molecule has 17 heavy (non-hydrogen) atoms. The van der Waals surface area contributed by atoms with E-state index in [1.807, 2.05) is 0 Å². The van der Waals surface area contributed by atoms with Crippen LogP contribution in [0.1, 0.15) is 25.0 Å². The summed E-state index contributed by atoms with van der Waals surface area (Å²) in [6, 6.07) is 6.34. The number of anilines is 1. The summed E-state index contributed by atoms with van der Waals surface area (Å²) < 4.78 is 0. The first-order valence-electron chi connectivity index (χ1n) is 6.31. The van der Waals surface area contributed by atoms with Crippen molar-refractivity contribution < 1.29 is 0 Å². The Morgan fingerprint density at radius 3 is 2.18 bits per heavy atom. The Morgan fingerprint density at radius 2 is 1.71 bits per heavy atom. The van der Waals surface area contributed by atoms with Crippen molar-refractivity contribution in [3.63, 3.8) is 0 Å². The lowest BCUT2D eigenvalue weighted by molar-refractivity contribution is 0.331. The summed E-state index contributed by atoms with van der Waals surface area (Å²) in [5.74, 6) is 0. The number of para-hydroxylation sites is 1. The lowest BCUT2D eigenvalue weighted by Crippen LogP contribution is -2.27. The highest BCUT2D eigenvalue weighted by molar-refractivity contribution is 5.59.